The average molecular weight is 363 g/mol. The van der Waals surface area contributed by atoms with Crippen molar-refractivity contribution in [2.75, 3.05) is 5.32 Å². The van der Waals surface area contributed by atoms with E-state index >= 15 is 0 Å². The number of carbonyl (C=O) groups excluding carboxylic acids is 1. The van der Waals surface area contributed by atoms with Gasteiger partial charge in [-0.25, -0.2) is 0 Å². The second-order valence-corrected chi connectivity index (χ2v) is 5.92. The lowest BCUT2D eigenvalue weighted by molar-refractivity contribution is 0.102. The first-order valence-corrected chi connectivity index (χ1v) is 8.32. The summed E-state index contributed by atoms with van der Waals surface area (Å²) in [5, 5.41) is 12.5. The highest BCUT2D eigenvalue weighted by Crippen LogP contribution is 2.20. The number of ether oxygens (including phenoxy) is 1. The van der Waals surface area contributed by atoms with E-state index in [2.05, 4.69) is 11.4 Å². The Morgan fingerprint density at radius 2 is 1.69 bits per heavy atom. The van der Waals surface area contributed by atoms with Crippen molar-refractivity contribution in [2.24, 2.45) is 0 Å². The molecule has 3 aromatic carbocycles. The van der Waals surface area contributed by atoms with Gasteiger partial charge in [0.15, 0.2) is 0 Å². The Kier molecular flexibility index (Phi) is 5.52. The van der Waals surface area contributed by atoms with Crippen molar-refractivity contribution in [2.45, 2.75) is 6.61 Å². The number of amides is 1. The van der Waals surface area contributed by atoms with Gasteiger partial charge in [0, 0.05) is 16.1 Å². The normalized spacial score (nSPS) is 10.0. The first kappa shape index (κ1) is 17.5. The molecule has 0 unspecified atom stereocenters. The Morgan fingerprint density at radius 1 is 1.00 bits per heavy atom. The molecule has 0 radical (unpaired) electrons. The van der Waals surface area contributed by atoms with Gasteiger partial charge < -0.3 is 10.1 Å². The van der Waals surface area contributed by atoms with E-state index in [1.54, 1.807) is 48.5 Å². The molecule has 1 N–H and O–H groups in total. The van der Waals surface area contributed by atoms with Crippen LogP contribution in [-0.2, 0) is 6.61 Å². The summed E-state index contributed by atoms with van der Waals surface area (Å²) >= 11 is 6.10. The second kappa shape index (κ2) is 8.19. The van der Waals surface area contributed by atoms with Crippen LogP contribution in [0.1, 0.15) is 21.5 Å². The standard InChI is InChI=1S/C21H15ClN2O2/c22-19-7-3-1-6-17(19)14-26-18-11-9-15(10-12-18)21(25)24-20-8-4-2-5-16(20)13-23/h1-12H,14H2,(H,24,25). The molecular weight excluding hydrogens is 348 g/mol. The molecule has 128 valence electrons. The van der Waals surface area contributed by atoms with Crippen LogP contribution in [0.25, 0.3) is 0 Å². The fourth-order valence-corrected chi connectivity index (χ4v) is 2.55. The molecule has 0 fully saturated rings. The predicted octanol–water partition coefficient (Wildman–Crippen LogP) is 5.04. The quantitative estimate of drug-likeness (QED) is 0.691. The van der Waals surface area contributed by atoms with Crippen LogP contribution in [0, 0.1) is 11.3 Å². The van der Waals surface area contributed by atoms with Crippen LogP contribution in [0.5, 0.6) is 5.75 Å². The molecule has 5 heteroatoms. The molecule has 0 saturated heterocycles. The van der Waals surface area contributed by atoms with Crippen molar-refractivity contribution in [3.8, 4) is 11.8 Å². The third kappa shape index (κ3) is 4.21. The molecule has 3 rings (SSSR count). The average Bonchev–Trinajstić information content (AvgIpc) is 2.68. The summed E-state index contributed by atoms with van der Waals surface area (Å²) in [5.74, 6) is 0.351. The maximum atomic E-state index is 12.3. The van der Waals surface area contributed by atoms with Crippen molar-refractivity contribution < 1.29 is 9.53 Å². The summed E-state index contributed by atoms with van der Waals surface area (Å²) in [6.45, 7) is 0.348. The summed E-state index contributed by atoms with van der Waals surface area (Å²) in [5.41, 5.74) is 2.27. The summed E-state index contributed by atoms with van der Waals surface area (Å²) < 4.78 is 5.70. The lowest BCUT2D eigenvalue weighted by Gasteiger charge is -2.09. The summed E-state index contributed by atoms with van der Waals surface area (Å²) in [6, 6.07) is 23.2. The van der Waals surface area contributed by atoms with E-state index in [4.69, 9.17) is 21.6 Å². The lowest BCUT2D eigenvalue weighted by Crippen LogP contribution is -2.12. The van der Waals surface area contributed by atoms with Gasteiger partial charge >= 0.3 is 0 Å². The summed E-state index contributed by atoms with van der Waals surface area (Å²) in [4.78, 5) is 12.3. The van der Waals surface area contributed by atoms with Gasteiger partial charge in [0.05, 0.1) is 11.3 Å². The second-order valence-electron chi connectivity index (χ2n) is 5.52. The number of para-hydroxylation sites is 1. The highest BCUT2D eigenvalue weighted by Gasteiger charge is 2.09. The zero-order valence-electron chi connectivity index (χ0n) is 13.8. The largest absolute Gasteiger partial charge is 0.489 e. The summed E-state index contributed by atoms with van der Waals surface area (Å²) in [7, 11) is 0. The highest BCUT2D eigenvalue weighted by molar-refractivity contribution is 6.31. The number of benzene rings is 3. The molecule has 1 amide bonds. The molecule has 3 aromatic rings. The Bertz CT molecular complexity index is 962. The minimum Gasteiger partial charge on any atom is -0.489 e. The van der Waals surface area contributed by atoms with Gasteiger partial charge in [-0.1, -0.05) is 41.9 Å². The van der Waals surface area contributed by atoms with Crippen LogP contribution >= 0.6 is 11.6 Å². The van der Waals surface area contributed by atoms with Gasteiger partial charge in [-0.2, -0.15) is 5.26 Å². The zero-order chi connectivity index (χ0) is 18.4. The molecule has 0 spiro atoms. The van der Waals surface area contributed by atoms with Gasteiger partial charge in [0.25, 0.3) is 5.91 Å². The lowest BCUT2D eigenvalue weighted by atomic mass is 10.1. The minimum atomic E-state index is -0.287. The number of halogens is 1. The van der Waals surface area contributed by atoms with Crippen LogP contribution in [0.2, 0.25) is 5.02 Å². The smallest absolute Gasteiger partial charge is 0.255 e. The van der Waals surface area contributed by atoms with Crippen molar-refractivity contribution in [1.82, 2.24) is 0 Å². The first-order chi connectivity index (χ1) is 12.7. The maximum absolute atomic E-state index is 12.3. The number of carbonyl (C=O) groups is 1. The fraction of sp³-hybridized carbons (Fsp3) is 0.0476. The third-order valence-corrected chi connectivity index (χ3v) is 4.13. The molecule has 4 nitrogen and oxygen atoms in total. The van der Waals surface area contributed by atoms with Crippen LogP contribution in [0.4, 0.5) is 5.69 Å². The van der Waals surface area contributed by atoms with E-state index < -0.39 is 0 Å². The number of hydrogen-bond donors (Lipinski definition) is 1. The van der Waals surface area contributed by atoms with E-state index in [1.165, 1.54) is 0 Å². The number of rotatable bonds is 5. The van der Waals surface area contributed by atoms with Crippen LogP contribution in [-0.4, -0.2) is 5.91 Å². The van der Waals surface area contributed by atoms with Crippen molar-refractivity contribution >= 4 is 23.2 Å². The Balaban J connectivity index is 1.65. The molecular formula is C21H15ClN2O2. The Labute approximate surface area is 156 Å². The van der Waals surface area contributed by atoms with E-state index in [9.17, 15) is 4.79 Å². The molecule has 0 atom stereocenters. The van der Waals surface area contributed by atoms with Gasteiger partial charge in [0.1, 0.15) is 18.4 Å². The molecule has 26 heavy (non-hydrogen) atoms. The highest BCUT2D eigenvalue weighted by atomic mass is 35.5. The van der Waals surface area contributed by atoms with Crippen LogP contribution in [0.15, 0.2) is 72.8 Å². The van der Waals surface area contributed by atoms with Crippen molar-refractivity contribution in [3.63, 3.8) is 0 Å². The number of nitrogens with zero attached hydrogens (tertiary/aromatic N) is 1. The van der Waals surface area contributed by atoms with Gasteiger partial charge in [-0.05, 0) is 42.5 Å². The Morgan fingerprint density at radius 3 is 2.42 bits per heavy atom. The number of hydrogen-bond acceptors (Lipinski definition) is 3. The van der Waals surface area contributed by atoms with Gasteiger partial charge in [0.2, 0.25) is 0 Å². The van der Waals surface area contributed by atoms with Gasteiger partial charge in [-0.15, -0.1) is 0 Å². The summed E-state index contributed by atoms with van der Waals surface area (Å²) in [6.07, 6.45) is 0. The Hall–Kier alpha value is -3.29. The van der Waals surface area contributed by atoms with E-state index in [1.807, 2.05) is 24.3 Å². The molecule has 0 aliphatic heterocycles. The third-order valence-electron chi connectivity index (χ3n) is 3.76. The fourth-order valence-electron chi connectivity index (χ4n) is 2.36. The van der Waals surface area contributed by atoms with E-state index in [0.29, 0.717) is 34.2 Å². The first-order valence-electron chi connectivity index (χ1n) is 7.94. The molecule has 0 heterocycles. The SMILES string of the molecule is N#Cc1ccccc1NC(=O)c1ccc(OCc2ccccc2Cl)cc1. The minimum absolute atomic E-state index is 0.287. The van der Waals surface area contributed by atoms with Crippen molar-refractivity contribution in [3.05, 3.63) is 94.5 Å². The number of anilines is 1. The predicted molar refractivity (Wildman–Crippen MR) is 101 cm³/mol. The molecule has 0 aliphatic carbocycles. The topological polar surface area (TPSA) is 62.1 Å². The monoisotopic (exact) mass is 362 g/mol. The maximum Gasteiger partial charge on any atom is 0.255 e. The van der Waals surface area contributed by atoms with Gasteiger partial charge in [-0.3, -0.25) is 4.79 Å². The van der Waals surface area contributed by atoms with Crippen LogP contribution in [0.3, 0.4) is 0 Å². The van der Waals surface area contributed by atoms with E-state index in [-0.39, 0.29) is 5.91 Å². The number of nitriles is 1. The van der Waals surface area contributed by atoms with E-state index in [0.717, 1.165) is 5.56 Å². The van der Waals surface area contributed by atoms with Crippen LogP contribution < -0.4 is 10.1 Å². The molecule has 0 bridgehead atoms. The molecule has 0 aliphatic rings. The van der Waals surface area contributed by atoms with Crippen molar-refractivity contribution in [1.29, 1.82) is 5.26 Å². The number of nitrogens with one attached hydrogen (secondary N) is 1. The molecule has 0 aromatic heterocycles. The molecule has 0 saturated carbocycles. The zero-order valence-corrected chi connectivity index (χ0v) is 14.5.